The zero-order chi connectivity index (χ0) is 17.6. The van der Waals surface area contributed by atoms with E-state index >= 15 is 0 Å². The van der Waals surface area contributed by atoms with E-state index < -0.39 is 0 Å². The van der Waals surface area contributed by atoms with Crippen LogP contribution in [0.1, 0.15) is 64.7 Å². The van der Waals surface area contributed by atoms with Gasteiger partial charge in [-0.2, -0.15) is 0 Å². The summed E-state index contributed by atoms with van der Waals surface area (Å²) in [6.07, 6.45) is 10.1. The minimum absolute atomic E-state index is 0.0966. The van der Waals surface area contributed by atoms with Gasteiger partial charge in [-0.25, -0.2) is 0 Å². The molecule has 0 aromatic carbocycles. The summed E-state index contributed by atoms with van der Waals surface area (Å²) >= 11 is 0. The van der Waals surface area contributed by atoms with Crippen molar-refractivity contribution < 1.29 is 9.59 Å². The standard InChI is InChI=1S/C20H35N3O2/c1-2-3-5-12-23-16-17(15-19(23)24)20(25)22-13-8-18(9-14-22)21-10-6-4-7-11-21/h17-18H,2-16H2,1H3. The van der Waals surface area contributed by atoms with Crippen LogP contribution >= 0.6 is 0 Å². The average molecular weight is 350 g/mol. The van der Waals surface area contributed by atoms with Crippen LogP contribution in [-0.2, 0) is 9.59 Å². The summed E-state index contributed by atoms with van der Waals surface area (Å²) in [5, 5.41) is 0. The van der Waals surface area contributed by atoms with Gasteiger partial charge in [-0.1, -0.05) is 26.2 Å². The van der Waals surface area contributed by atoms with Crippen molar-refractivity contribution in [1.29, 1.82) is 0 Å². The molecular formula is C20H35N3O2. The number of nitrogens with zero attached hydrogens (tertiary/aromatic N) is 3. The summed E-state index contributed by atoms with van der Waals surface area (Å²) in [6.45, 7) is 7.87. The molecule has 142 valence electrons. The number of rotatable bonds is 6. The number of carbonyl (C=O) groups excluding carboxylic acids is 2. The van der Waals surface area contributed by atoms with E-state index in [1.165, 1.54) is 32.4 Å². The minimum Gasteiger partial charge on any atom is -0.342 e. The lowest BCUT2D eigenvalue weighted by Gasteiger charge is -2.40. The van der Waals surface area contributed by atoms with Crippen LogP contribution in [0.3, 0.4) is 0 Å². The molecule has 0 aromatic rings. The zero-order valence-electron chi connectivity index (χ0n) is 15.9. The van der Waals surface area contributed by atoms with E-state index in [0.29, 0.717) is 19.0 Å². The van der Waals surface area contributed by atoms with Gasteiger partial charge in [-0.3, -0.25) is 9.59 Å². The maximum Gasteiger partial charge on any atom is 0.227 e. The second-order valence-corrected chi connectivity index (χ2v) is 8.10. The van der Waals surface area contributed by atoms with Crippen molar-refractivity contribution in [3.05, 3.63) is 0 Å². The first kappa shape index (κ1) is 18.7. The maximum absolute atomic E-state index is 12.8. The average Bonchev–Trinajstić information content (AvgIpc) is 3.03. The highest BCUT2D eigenvalue weighted by molar-refractivity contribution is 5.89. The van der Waals surface area contributed by atoms with Crippen molar-refractivity contribution in [2.45, 2.75) is 70.8 Å². The number of hydrogen-bond acceptors (Lipinski definition) is 3. The van der Waals surface area contributed by atoms with Gasteiger partial charge in [0.15, 0.2) is 0 Å². The molecule has 3 aliphatic heterocycles. The number of carbonyl (C=O) groups is 2. The number of likely N-dealkylation sites (tertiary alicyclic amines) is 3. The molecule has 0 aromatic heterocycles. The van der Waals surface area contributed by atoms with Gasteiger partial charge in [0.25, 0.3) is 0 Å². The van der Waals surface area contributed by atoms with Crippen molar-refractivity contribution in [2.75, 3.05) is 39.3 Å². The van der Waals surface area contributed by atoms with Crippen LogP contribution in [0.2, 0.25) is 0 Å². The molecule has 25 heavy (non-hydrogen) atoms. The SMILES string of the molecule is CCCCCN1CC(C(=O)N2CCC(N3CCCCC3)CC2)CC1=O. The Morgan fingerprint density at radius 3 is 2.44 bits per heavy atom. The molecule has 5 heteroatoms. The molecule has 0 spiro atoms. The third-order valence-corrected chi connectivity index (χ3v) is 6.28. The lowest BCUT2D eigenvalue weighted by Crippen LogP contribution is -2.49. The highest BCUT2D eigenvalue weighted by Crippen LogP contribution is 2.25. The fourth-order valence-electron chi connectivity index (χ4n) is 4.70. The Kier molecular flexibility index (Phi) is 6.74. The Labute approximate surface area is 152 Å². The molecule has 3 saturated heterocycles. The van der Waals surface area contributed by atoms with Crippen LogP contribution in [0.15, 0.2) is 0 Å². The van der Waals surface area contributed by atoms with Gasteiger partial charge >= 0.3 is 0 Å². The molecule has 5 nitrogen and oxygen atoms in total. The van der Waals surface area contributed by atoms with Crippen LogP contribution in [0.25, 0.3) is 0 Å². The third kappa shape index (κ3) is 4.75. The Hall–Kier alpha value is -1.10. The monoisotopic (exact) mass is 349 g/mol. The molecule has 1 unspecified atom stereocenters. The fraction of sp³-hybridized carbons (Fsp3) is 0.900. The van der Waals surface area contributed by atoms with Gasteiger partial charge in [-0.05, 0) is 45.2 Å². The summed E-state index contributed by atoms with van der Waals surface area (Å²) < 4.78 is 0. The molecule has 0 radical (unpaired) electrons. The molecule has 0 N–H and O–H groups in total. The molecule has 1 atom stereocenters. The predicted molar refractivity (Wildman–Crippen MR) is 99.2 cm³/mol. The van der Waals surface area contributed by atoms with Crippen molar-refractivity contribution >= 4 is 11.8 Å². The third-order valence-electron chi connectivity index (χ3n) is 6.28. The second kappa shape index (κ2) is 9.02. The predicted octanol–water partition coefficient (Wildman–Crippen LogP) is 2.50. The molecule has 3 rings (SSSR count). The van der Waals surface area contributed by atoms with Crippen LogP contribution in [0, 0.1) is 5.92 Å². The van der Waals surface area contributed by atoms with Gasteiger partial charge in [0.2, 0.25) is 11.8 Å². The van der Waals surface area contributed by atoms with E-state index in [1.807, 2.05) is 9.80 Å². The Morgan fingerprint density at radius 2 is 1.76 bits per heavy atom. The smallest absolute Gasteiger partial charge is 0.227 e. The van der Waals surface area contributed by atoms with Crippen LogP contribution < -0.4 is 0 Å². The van der Waals surface area contributed by atoms with Crippen molar-refractivity contribution in [2.24, 2.45) is 5.92 Å². The van der Waals surface area contributed by atoms with Gasteiger partial charge < -0.3 is 14.7 Å². The van der Waals surface area contributed by atoms with E-state index in [9.17, 15) is 9.59 Å². The molecular weight excluding hydrogens is 314 g/mol. The minimum atomic E-state index is -0.0966. The van der Waals surface area contributed by atoms with Crippen LogP contribution in [0.4, 0.5) is 0 Å². The maximum atomic E-state index is 12.8. The number of amides is 2. The first-order valence-corrected chi connectivity index (χ1v) is 10.5. The molecule has 0 aliphatic carbocycles. The Morgan fingerprint density at radius 1 is 1.04 bits per heavy atom. The zero-order valence-corrected chi connectivity index (χ0v) is 15.9. The molecule has 0 saturated carbocycles. The van der Waals surface area contributed by atoms with Crippen LogP contribution in [-0.4, -0.2) is 71.8 Å². The summed E-state index contributed by atoms with van der Waals surface area (Å²) in [6, 6.07) is 0.667. The van der Waals surface area contributed by atoms with Crippen molar-refractivity contribution in [1.82, 2.24) is 14.7 Å². The summed E-state index contributed by atoms with van der Waals surface area (Å²) in [5.74, 6) is 0.307. The topological polar surface area (TPSA) is 43.9 Å². The molecule has 3 fully saturated rings. The van der Waals surface area contributed by atoms with E-state index in [1.54, 1.807) is 0 Å². The fourth-order valence-corrected chi connectivity index (χ4v) is 4.70. The lowest BCUT2D eigenvalue weighted by molar-refractivity contribution is -0.137. The first-order valence-electron chi connectivity index (χ1n) is 10.5. The van der Waals surface area contributed by atoms with Gasteiger partial charge in [0.1, 0.15) is 0 Å². The van der Waals surface area contributed by atoms with E-state index in [-0.39, 0.29) is 17.7 Å². The van der Waals surface area contributed by atoms with Crippen molar-refractivity contribution in [3.8, 4) is 0 Å². The van der Waals surface area contributed by atoms with E-state index in [4.69, 9.17) is 0 Å². The highest BCUT2D eigenvalue weighted by Gasteiger charge is 2.37. The Balaban J connectivity index is 1.44. The van der Waals surface area contributed by atoms with Crippen LogP contribution in [0.5, 0.6) is 0 Å². The van der Waals surface area contributed by atoms with Gasteiger partial charge in [0, 0.05) is 38.6 Å². The quantitative estimate of drug-likeness (QED) is 0.692. The summed E-state index contributed by atoms with van der Waals surface area (Å²) in [7, 11) is 0. The van der Waals surface area contributed by atoms with E-state index in [2.05, 4.69) is 11.8 Å². The lowest BCUT2D eigenvalue weighted by atomic mass is 9.98. The van der Waals surface area contributed by atoms with Gasteiger partial charge in [-0.15, -0.1) is 0 Å². The number of piperidine rings is 2. The second-order valence-electron chi connectivity index (χ2n) is 8.10. The first-order chi connectivity index (χ1) is 12.2. The highest BCUT2D eigenvalue weighted by atomic mass is 16.2. The molecule has 2 amide bonds. The summed E-state index contributed by atoms with van der Waals surface area (Å²) in [5.41, 5.74) is 0. The Bertz CT molecular complexity index is 454. The van der Waals surface area contributed by atoms with E-state index in [0.717, 1.165) is 51.7 Å². The van der Waals surface area contributed by atoms with Gasteiger partial charge in [0.05, 0.1) is 5.92 Å². The molecule has 3 heterocycles. The normalized spacial score (nSPS) is 26.4. The largest absolute Gasteiger partial charge is 0.342 e. The molecule has 0 bridgehead atoms. The number of hydrogen-bond donors (Lipinski definition) is 0. The number of unbranched alkanes of at least 4 members (excludes halogenated alkanes) is 2. The van der Waals surface area contributed by atoms with Crippen molar-refractivity contribution in [3.63, 3.8) is 0 Å². The molecule has 3 aliphatic rings. The summed E-state index contributed by atoms with van der Waals surface area (Å²) in [4.78, 5) is 31.6.